The van der Waals surface area contributed by atoms with Gasteiger partial charge in [-0.25, -0.2) is 4.39 Å². The molecule has 2 atom stereocenters. The van der Waals surface area contributed by atoms with Crippen molar-refractivity contribution >= 4 is 0 Å². The molecular weight excluding hydrogens is 227 g/mol. The molecule has 18 heavy (non-hydrogen) atoms. The van der Waals surface area contributed by atoms with Gasteiger partial charge < -0.3 is 5.73 Å². The van der Waals surface area contributed by atoms with Crippen LogP contribution in [-0.4, -0.2) is 24.0 Å². The van der Waals surface area contributed by atoms with Crippen LogP contribution in [0, 0.1) is 11.7 Å². The molecule has 0 spiro atoms. The SMILES string of the molecule is CC(C)CN1CCCC(N)C1c1ccccc1F. The molecular formula is C15H23FN2. The number of benzene rings is 1. The van der Waals surface area contributed by atoms with Gasteiger partial charge in [0.05, 0.1) is 6.04 Å². The number of nitrogens with two attached hydrogens (primary N) is 1. The quantitative estimate of drug-likeness (QED) is 0.893. The van der Waals surface area contributed by atoms with Crippen molar-refractivity contribution in [3.8, 4) is 0 Å². The molecule has 0 radical (unpaired) electrons. The van der Waals surface area contributed by atoms with Gasteiger partial charge >= 0.3 is 0 Å². The predicted octanol–water partition coefficient (Wildman–Crippen LogP) is 2.95. The van der Waals surface area contributed by atoms with E-state index in [1.54, 1.807) is 6.07 Å². The predicted molar refractivity (Wildman–Crippen MR) is 72.8 cm³/mol. The first kappa shape index (κ1) is 13.5. The second kappa shape index (κ2) is 5.81. The van der Waals surface area contributed by atoms with Gasteiger partial charge in [-0.15, -0.1) is 0 Å². The molecule has 0 aromatic heterocycles. The van der Waals surface area contributed by atoms with Crippen molar-refractivity contribution in [2.75, 3.05) is 13.1 Å². The minimum Gasteiger partial charge on any atom is -0.326 e. The van der Waals surface area contributed by atoms with Crippen molar-refractivity contribution in [1.82, 2.24) is 4.90 Å². The van der Waals surface area contributed by atoms with Crippen molar-refractivity contribution in [1.29, 1.82) is 0 Å². The Balaban J connectivity index is 2.27. The summed E-state index contributed by atoms with van der Waals surface area (Å²) < 4.78 is 14.0. The summed E-state index contributed by atoms with van der Waals surface area (Å²) in [5.41, 5.74) is 6.99. The first-order chi connectivity index (χ1) is 8.59. The Morgan fingerprint density at radius 1 is 1.39 bits per heavy atom. The molecule has 1 fully saturated rings. The van der Waals surface area contributed by atoms with Gasteiger partial charge in [0, 0.05) is 18.2 Å². The van der Waals surface area contributed by atoms with Crippen LogP contribution in [0.2, 0.25) is 0 Å². The first-order valence-electron chi connectivity index (χ1n) is 6.83. The van der Waals surface area contributed by atoms with Crippen LogP contribution in [0.5, 0.6) is 0 Å². The van der Waals surface area contributed by atoms with E-state index >= 15 is 0 Å². The lowest BCUT2D eigenvalue weighted by Gasteiger charge is -2.41. The maximum absolute atomic E-state index is 14.0. The lowest BCUT2D eigenvalue weighted by atomic mass is 9.90. The van der Waals surface area contributed by atoms with Gasteiger partial charge in [0.15, 0.2) is 0 Å². The molecule has 2 rings (SSSR count). The number of likely N-dealkylation sites (tertiary alicyclic amines) is 1. The van der Waals surface area contributed by atoms with Crippen molar-refractivity contribution in [3.63, 3.8) is 0 Å². The van der Waals surface area contributed by atoms with Gasteiger partial charge in [0.2, 0.25) is 0 Å². The topological polar surface area (TPSA) is 29.3 Å². The smallest absolute Gasteiger partial charge is 0.128 e. The van der Waals surface area contributed by atoms with Crippen LogP contribution in [-0.2, 0) is 0 Å². The van der Waals surface area contributed by atoms with E-state index in [9.17, 15) is 4.39 Å². The lowest BCUT2D eigenvalue weighted by molar-refractivity contribution is 0.111. The van der Waals surface area contributed by atoms with E-state index in [0.29, 0.717) is 5.92 Å². The minimum absolute atomic E-state index is 0.0300. The molecule has 0 amide bonds. The lowest BCUT2D eigenvalue weighted by Crippen LogP contribution is -2.47. The van der Waals surface area contributed by atoms with Gasteiger partial charge in [-0.1, -0.05) is 32.0 Å². The summed E-state index contributed by atoms with van der Waals surface area (Å²) in [6.07, 6.45) is 2.09. The van der Waals surface area contributed by atoms with Gasteiger partial charge in [-0.05, 0) is 31.4 Å². The molecule has 1 heterocycles. The highest BCUT2D eigenvalue weighted by Gasteiger charge is 2.32. The summed E-state index contributed by atoms with van der Waals surface area (Å²) in [7, 11) is 0. The van der Waals surface area contributed by atoms with Crippen molar-refractivity contribution < 1.29 is 4.39 Å². The molecule has 0 bridgehead atoms. The van der Waals surface area contributed by atoms with Crippen LogP contribution < -0.4 is 5.73 Å². The highest BCUT2D eigenvalue weighted by atomic mass is 19.1. The Bertz CT molecular complexity index is 392. The van der Waals surface area contributed by atoms with E-state index in [-0.39, 0.29) is 17.9 Å². The molecule has 1 saturated heterocycles. The van der Waals surface area contributed by atoms with E-state index in [2.05, 4.69) is 18.7 Å². The Kier molecular flexibility index (Phi) is 4.36. The number of hydrogen-bond donors (Lipinski definition) is 1. The molecule has 1 aliphatic rings. The molecule has 0 saturated carbocycles. The molecule has 2 N–H and O–H groups in total. The summed E-state index contributed by atoms with van der Waals surface area (Å²) in [5.74, 6) is 0.443. The van der Waals surface area contributed by atoms with Crippen LogP contribution >= 0.6 is 0 Å². The average Bonchev–Trinajstić information content (AvgIpc) is 2.30. The second-order valence-corrected chi connectivity index (χ2v) is 5.66. The fourth-order valence-corrected chi connectivity index (χ4v) is 2.91. The van der Waals surface area contributed by atoms with Crippen molar-refractivity contribution in [3.05, 3.63) is 35.6 Å². The summed E-state index contributed by atoms with van der Waals surface area (Å²) >= 11 is 0. The molecule has 1 aromatic rings. The standard InChI is InChI=1S/C15H23FN2/c1-11(2)10-18-9-5-8-14(17)15(18)12-6-3-4-7-13(12)16/h3-4,6-7,11,14-15H,5,8-10,17H2,1-2H3. The Morgan fingerprint density at radius 3 is 2.78 bits per heavy atom. The van der Waals surface area contributed by atoms with E-state index in [4.69, 9.17) is 5.73 Å². The maximum atomic E-state index is 14.0. The number of nitrogens with zero attached hydrogens (tertiary/aromatic N) is 1. The summed E-state index contributed by atoms with van der Waals surface area (Å²) in [6.45, 7) is 6.38. The van der Waals surface area contributed by atoms with Crippen molar-refractivity contribution in [2.24, 2.45) is 11.7 Å². The third-order valence-electron chi connectivity index (χ3n) is 3.61. The van der Waals surface area contributed by atoms with E-state index < -0.39 is 0 Å². The maximum Gasteiger partial charge on any atom is 0.128 e. The summed E-state index contributed by atoms with van der Waals surface area (Å²) in [4.78, 5) is 2.34. The third-order valence-corrected chi connectivity index (χ3v) is 3.61. The van der Waals surface area contributed by atoms with E-state index in [0.717, 1.165) is 31.5 Å². The van der Waals surface area contributed by atoms with E-state index in [1.165, 1.54) is 6.07 Å². The molecule has 1 aromatic carbocycles. The van der Waals surface area contributed by atoms with Crippen LogP contribution in [0.4, 0.5) is 4.39 Å². The Hall–Kier alpha value is -0.930. The Morgan fingerprint density at radius 2 is 2.11 bits per heavy atom. The van der Waals surface area contributed by atoms with Gasteiger partial charge in [-0.3, -0.25) is 4.90 Å². The minimum atomic E-state index is -0.131. The summed E-state index contributed by atoms with van der Waals surface area (Å²) in [5, 5.41) is 0. The zero-order chi connectivity index (χ0) is 13.1. The first-order valence-corrected chi connectivity index (χ1v) is 6.83. The highest BCUT2D eigenvalue weighted by molar-refractivity contribution is 5.23. The van der Waals surface area contributed by atoms with Gasteiger partial charge in [0.25, 0.3) is 0 Å². The van der Waals surface area contributed by atoms with Gasteiger partial charge in [-0.2, -0.15) is 0 Å². The van der Waals surface area contributed by atoms with Crippen LogP contribution in [0.25, 0.3) is 0 Å². The molecule has 3 heteroatoms. The molecule has 0 aliphatic carbocycles. The molecule has 2 unspecified atom stereocenters. The largest absolute Gasteiger partial charge is 0.326 e. The van der Waals surface area contributed by atoms with Gasteiger partial charge in [0.1, 0.15) is 5.82 Å². The zero-order valence-electron chi connectivity index (χ0n) is 11.3. The second-order valence-electron chi connectivity index (χ2n) is 5.66. The molecule has 100 valence electrons. The highest BCUT2D eigenvalue weighted by Crippen LogP contribution is 2.32. The van der Waals surface area contributed by atoms with Crippen LogP contribution in [0.3, 0.4) is 0 Å². The summed E-state index contributed by atoms with van der Waals surface area (Å²) in [6, 6.07) is 7.10. The number of rotatable bonds is 3. The van der Waals surface area contributed by atoms with Crippen LogP contribution in [0.1, 0.15) is 38.3 Å². The van der Waals surface area contributed by atoms with Crippen molar-refractivity contribution in [2.45, 2.75) is 38.8 Å². The normalized spacial score (nSPS) is 25.6. The third kappa shape index (κ3) is 2.90. The molecule has 1 aliphatic heterocycles. The van der Waals surface area contributed by atoms with Crippen LogP contribution in [0.15, 0.2) is 24.3 Å². The number of piperidine rings is 1. The van der Waals surface area contributed by atoms with E-state index in [1.807, 2.05) is 12.1 Å². The average molecular weight is 250 g/mol. The fraction of sp³-hybridized carbons (Fsp3) is 0.600. The zero-order valence-corrected chi connectivity index (χ0v) is 11.3. The molecule has 2 nitrogen and oxygen atoms in total. The number of halogens is 1. The monoisotopic (exact) mass is 250 g/mol. The number of hydrogen-bond acceptors (Lipinski definition) is 2. The fourth-order valence-electron chi connectivity index (χ4n) is 2.91. The Labute approximate surface area is 109 Å².